The van der Waals surface area contributed by atoms with Crippen LogP contribution in [0.15, 0.2) is 12.1 Å². The molecule has 2 aliphatic rings. The van der Waals surface area contributed by atoms with E-state index in [1.54, 1.807) is 0 Å². The van der Waals surface area contributed by atoms with Gasteiger partial charge in [0.2, 0.25) is 0 Å². The van der Waals surface area contributed by atoms with E-state index in [2.05, 4.69) is 5.32 Å². The maximum absolute atomic E-state index is 12.1. The van der Waals surface area contributed by atoms with Crippen LogP contribution in [0.4, 0.5) is 0 Å². The number of aromatic hydroxyl groups is 3. The van der Waals surface area contributed by atoms with Gasteiger partial charge in [-0.25, -0.2) is 0 Å². The van der Waals surface area contributed by atoms with Crippen LogP contribution in [0.3, 0.4) is 0 Å². The quantitative estimate of drug-likeness (QED) is 0.443. The van der Waals surface area contributed by atoms with Crippen LogP contribution < -0.4 is 11.1 Å². The fraction of sp³-hybridized carbons (Fsp3) is 0.462. The van der Waals surface area contributed by atoms with Crippen LogP contribution in [0.2, 0.25) is 0 Å². The Kier molecular flexibility index (Phi) is 3.36. The summed E-state index contributed by atoms with van der Waals surface area (Å²) in [6.07, 6.45) is -0.541. The van der Waals surface area contributed by atoms with Crippen LogP contribution >= 0.6 is 0 Å². The van der Waals surface area contributed by atoms with Gasteiger partial charge in [-0.05, 0) is 12.1 Å². The monoisotopic (exact) mass is 296 g/mol. The Labute approximate surface area is 120 Å². The second-order valence-electron chi connectivity index (χ2n) is 5.20. The smallest absolute Gasteiger partial charge is 0.251 e. The molecule has 4 atom stereocenters. The summed E-state index contributed by atoms with van der Waals surface area (Å²) in [4.78, 5) is 12.1. The van der Waals surface area contributed by atoms with Crippen molar-refractivity contribution < 1.29 is 29.6 Å². The molecular formula is C13H16N2O6. The van der Waals surface area contributed by atoms with Gasteiger partial charge in [-0.1, -0.05) is 0 Å². The largest absolute Gasteiger partial charge is 0.504 e. The van der Waals surface area contributed by atoms with Gasteiger partial charge in [0.15, 0.2) is 17.2 Å². The molecule has 0 saturated carbocycles. The third-order valence-electron chi connectivity index (χ3n) is 3.74. The molecule has 0 aromatic heterocycles. The first kappa shape index (κ1) is 13.9. The summed E-state index contributed by atoms with van der Waals surface area (Å²) in [6.45, 7) is 0.660. The average molecular weight is 296 g/mol. The number of hydrogen-bond acceptors (Lipinski definition) is 7. The Morgan fingerprint density at radius 1 is 1.14 bits per heavy atom. The number of benzene rings is 1. The fourth-order valence-corrected chi connectivity index (χ4v) is 2.64. The molecule has 0 spiro atoms. The van der Waals surface area contributed by atoms with Crippen molar-refractivity contribution in [3.05, 3.63) is 17.7 Å². The standard InChI is InChI=1S/C13H16N2O6/c14-6-3-20-12-7(4-21-11(6)12)15-13(19)5-1-8(16)10(18)9(17)2-5/h1-2,6-7,11-12,16-18H,3-4,14H2,(H,15,19). The number of ether oxygens (including phenoxy) is 2. The summed E-state index contributed by atoms with van der Waals surface area (Å²) >= 11 is 0. The van der Waals surface area contributed by atoms with Crippen molar-refractivity contribution in [2.75, 3.05) is 13.2 Å². The average Bonchev–Trinajstić information content (AvgIpc) is 3.00. The first-order valence-electron chi connectivity index (χ1n) is 6.52. The van der Waals surface area contributed by atoms with Gasteiger partial charge in [-0.15, -0.1) is 0 Å². The molecule has 114 valence electrons. The number of phenols is 3. The Hall–Kier alpha value is -2.03. The van der Waals surface area contributed by atoms with Gasteiger partial charge < -0.3 is 35.8 Å². The minimum absolute atomic E-state index is 0.0218. The Morgan fingerprint density at radius 3 is 2.43 bits per heavy atom. The van der Waals surface area contributed by atoms with E-state index in [0.29, 0.717) is 6.61 Å². The summed E-state index contributed by atoms with van der Waals surface area (Å²) in [6, 6.07) is 1.57. The van der Waals surface area contributed by atoms with Crippen LogP contribution in [-0.2, 0) is 9.47 Å². The lowest BCUT2D eigenvalue weighted by Gasteiger charge is -2.17. The summed E-state index contributed by atoms with van der Waals surface area (Å²) in [7, 11) is 0. The zero-order chi connectivity index (χ0) is 15.1. The minimum Gasteiger partial charge on any atom is -0.504 e. The maximum atomic E-state index is 12.1. The highest BCUT2D eigenvalue weighted by Crippen LogP contribution is 2.35. The molecule has 8 nitrogen and oxygen atoms in total. The van der Waals surface area contributed by atoms with Crippen molar-refractivity contribution in [3.8, 4) is 17.2 Å². The molecule has 1 aromatic rings. The predicted octanol–water partition coefficient (Wildman–Crippen LogP) is -0.973. The van der Waals surface area contributed by atoms with Crippen LogP contribution in [0.25, 0.3) is 0 Å². The Balaban J connectivity index is 1.73. The molecule has 0 bridgehead atoms. The number of fused-ring (bicyclic) bond motifs is 1. The molecule has 1 aromatic carbocycles. The van der Waals surface area contributed by atoms with Crippen molar-refractivity contribution in [2.45, 2.75) is 24.3 Å². The number of nitrogens with one attached hydrogen (secondary N) is 1. The number of amides is 1. The van der Waals surface area contributed by atoms with E-state index in [1.165, 1.54) is 0 Å². The van der Waals surface area contributed by atoms with Gasteiger partial charge in [0.1, 0.15) is 12.2 Å². The van der Waals surface area contributed by atoms with E-state index in [9.17, 15) is 20.1 Å². The molecule has 6 N–H and O–H groups in total. The van der Waals surface area contributed by atoms with E-state index in [1.807, 2.05) is 0 Å². The van der Waals surface area contributed by atoms with Crippen molar-refractivity contribution in [1.82, 2.24) is 5.32 Å². The molecule has 3 rings (SSSR count). The summed E-state index contributed by atoms with van der Waals surface area (Å²) < 4.78 is 11.0. The van der Waals surface area contributed by atoms with Crippen LogP contribution in [0, 0.1) is 0 Å². The molecule has 0 aliphatic carbocycles. The summed E-state index contributed by atoms with van der Waals surface area (Å²) in [5.74, 6) is -2.32. The van der Waals surface area contributed by atoms with E-state index in [4.69, 9.17) is 15.2 Å². The minimum atomic E-state index is -0.666. The molecular weight excluding hydrogens is 280 g/mol. The zero-order valence-corrected chi connectivity index (χ0v) is 11.0. The molecule has 4 unspecified atom stereocenters. The van der Waals surface area contributed by atoms with Crippen molar-refractivity contribution in [1.29, 1.82) is 0 Å². The molecule has 21 heavy (non-hydrogen) atoms. The molecule has 2 fully saturated rings. The third-order valence-corrected chi connectivity index (χ3v) is 3.74. The van der Waals surface area contributed by atoms with E-state index >= 15 is 0 Å². The Bertz CT molecular complexity index is 555. The lowest BCUT2D eigenvalue weighted by atomic mass is 10.1. The zero-order valence-electron chi connectivity index (χ0n) is 11.0. The van der Waals surface area contributed by atoms with E-state index in [-0.39, 0.29) is 36.5 Å². The number of hydrogen-bond donors (Lipinski definition) is 5. The van der Waals surface area contributed by atoms with Crippen LogP contribution in [0.1, 0.15) is 10.4 Å². The maximum Gasteiger partial charge on any atom is 0.251 e. The van der Waals surface area contributed by atoms with Crippen LogP contribution in [-0.4, -0.2) is 58.7 Å². The van der Waals surface area contributed by atoms with Crippen LogP contribution in [0.5, 0.6) is 17.2 Å². The predicted molar refractivity (Wildman–Crippen MR) is 70.1 cm³/mol. The molecule has 2 heterocycles. The van der Waals surface area contributed by atoms with Crippen molar-refractivity contribution in [3.63, 3.8) is 0 Å². The number of rotatable bonds is 2. The van der Waals surface area contributed by atoms with Crippen molar-refractivity contribution >= 4 is 5.91 Å². The number of nitrogens with two attached hydrogens (primary N) is 1. The number of carbonyl (C=O) groups is 1. The number of carbonyl (C=O) groups excluding carboxylic acids is 1. The van der Waals surface area contributed by atoms with Gasteiger partial charge in [0.05, 0.1) is 25.3 Å². The first-order chi connectivity index (χ1) is 9.97. The molecule has 2 saturated heterocycles. The third kappa shape index (κ3) is 2.37. The summed E-state index contributed by atoms with van der Waals surface area (Å²) in [5, 5.41) is 30.8. The second-order valence-corrected chi connectivity index (χ2v) is 5.20. The highest BCUT2D eigenvalue weighted by Gasteiger charge is 2.46. The SMILES string of the molecule is NC1COC2C(NC(=O)c3cc(O)c(O)c(O)c3)COC12. The van der Waals surface area contributed by atoms with Crippen molar-refractivity contribution in [2.24, 2.45) is 5.73 Å². The Morgan fingerprint density at radius 2 is 1.76 bits per heavy atom. The first-order valence-corrected chi connectivity index (χ1v) is 6.52. The molecule has 0 radical (unpaired) electrons. The fourth-order valence-electron chi connectivity index (χ4n) is 2.64. The highest BCUT2D eigenvalue weighted by atomic mass is 16.6. The van der Waals surface area contributed by atoms with Gasteiger partial charge in [0, 0.05) is 5.56 Å². The topological polar surface area (TPSA) is 134 Å². The summed E-state index contributed by atoms with van der Waals surface area (Å²) in [5.41, 5.74) is 5.85. The normalized spacial score (nSPS) is 31.1. The number of phenolic OH excluding ortho intramolecular Hbond substituents is 3. The lowest BCUT2D eigenvalue weighted by molar-refractivity contribution is 0.0649. The second kappa shape index (κ2) is 5.06. The molecule has 8 heteroatoms. The molecule has 2 aliphatic heterocycles. The van der Waals surface area contributed by atoms with Gasteiger partial charge in [-0.3, -0.25) is 4.79 Å². The lowest BCUT2D eigenvalue weighted by Crippen LogP contribution is -2.44. The van der Waals surface area contributed by atoms with E-state index < -0.39 is 23.2 Å². The van der Waals surface area contributed by atoms with Gasteiger partial charge >= 0.3 is 0 Å². The van der Waals surface area contributed by atoms with Gasteiger partial charge in [-0.2, -0.15) is 0 Å². The highest BCUT2D eigenvalue weighted by molar-refractivity contribution is 5.95. The van der Waals surface area contributed by atoms with Gasteiger partial charge in [0.25, 0.3) is 5.91 Å². The van der Waals surface area contributed by atoms with E-state index in [0.717, 1.165) is 12.1 Å². The molecule has 1 amide bonds.